The van der Waals surface area contributed by atoms with Gasteiger partial charge < -0.3 is 5.32 Å². The van der Waals surface area contributed by atoms with Crippen molar-refractivity contribution in [3.8, 4) is 0 Å². The summed E-state index contributed by atoms with van der Waals surface area (Å²) in [7, 11) is -3.02. The van der Waals surface area contributed by atoms with E-state index in [4.69, 9.17) is 0 Å². The van der Waals surface area contributed by atoms with E-state index in [1.165, 1.54) is 0 Å². The molecule has 5 heteroatoms. The third kappa shape index (κ3) is 4.09. The van der Waals surface area contributed by atoms with E-state index in [1.54, 1.807) is 4.31 Å². The third-order valence-corrected chi connectivity index (χ3v) is 4.55. The van der Waals surface area contributed by atoms with Crippen molar-refractivity contribution in [2.24, 2.45) is 5.92 Å². The number of hydrogen-bond donors (Lipinski definition) is 1. The normalized spacial score (nSPS) is 24.7. The Morgan fingerprint density at radius 2 is 2.13 bits per heavy atom. The first-order valence-corrected chi connectivity index (χ1v) is 7.24. The standard InChI is InChI=1S/C10H22N2O2S/c1-9(2)4-7-15(13,14)12-6-5-11-10(3)8-12/h9-11H,4-8H2,1-3H3. The van der Waals surface area contributed by atoms with Gasteiger partial charge in [-0.15, -0.1) is 0 Å². The number of sulfonamides is 1. The van der Waals surface area contributed by atoms with Gasteiger partial charge in [-0.25, -0.2) is 8.42 Å². The van der Waals surface area contributed by atoms with Crippen molar-refractivity contribution < 1.29 is 8.42 Å². The van der Waals surface area contributed by atoms with Gasteiger partial charge >= 0.3 is 0 Å². The van der Waals surface area contributed by atoms with Gasteiger partial charge in [0.05, 0.1) is 5.75 Å². The topological polar surface area (TPSA) is 49.4 Å². The second kappa shape index (κ2) is 5.27. The zero-order chi connectivity index (χ0) is 11.5. The van der Waals surface area contributed by atoms with Crippen LogP contribution in [0.3, 0.4) is 0 Å². The minimum atomic E-state index is -3.02. The highest BCUT2D eigenvalue weighted by Gasteiger charge is 2.26. The van der Waals surface area contributed by atoms with Crippen molar-refractivity contribution in [2.75, 3.05) is 25.4 Å². The Hall–Kier alpha value is -0.130. The molecule has 0 spiro atoms. The van der Waals surface area contributed by atoms with Gasteiger partial charge in [0.15, 0.2) is 0 Å². The van der Waals surface area contributed by atoms with Crippen LogP contribution in [-0.4, -0.2) is 44.2 Å². The molecule has 90 valence electrons. The highest BCUT2D eigenvalue weighted by Crippen LogP contribution is 2.10. The summed E-state index contributed by atoms with van der Waals surface area (Å²) in [4.78, 5) is 0. The van der Waals surface area contributed by atoms with E-state index in [-0.39, 0.29) is 11.8 Å². The molecule has 1 heterocycles. The van der Waals surface area contributed by atoms with E-state index in [0.29, 0.717) is 19.0 Å². The largest absolute Gasteiger partial charge is 0.312 e. The number of piperazine rings is 1. The number of nitrogens with zero attached hydrogens (tertiary/aromatic N) is 1. The molecule has 1 saturated heterocycles. The molecule has 1 unspecified atom stereocenters. The summed E-state index contributed by atoms with van der Waals surface area (Å²) in [6.45, 7) is 8.11. The molecule has 1 fully saturated rings. The first-order valence-electron chi connectivity index (χ1n) is 5.63. The Morgan fingerprint density at radius 3 is 2.67 bits per heavy atom. The van der Waals surface area contributed by atoms with Crippen LogP contribution in [0.4, 0.5) is 0 Å². The molecule has 1 aliphatic rings. The second-order valence-electron chi connectivity index (χ2n) is 4.71. The molecule has 0 bridgehead atoms. The van der Waals surface area contributed by atoms with Crippen molar-refractivity contribution in [1.82, 2.24) is 9.62 Å². The molecule has 1 N–H and O–H groups in total. The first-order chi connectivity index (χ1) is 6.92. The van der Waals surface area contributed by atoms with Gasteiger partial charge in [0.25, 0.3) is 0 Å². The lowest BCUT2D eigenvalue weighted by Crippen LogP contribution is -2.51. The molecule has 0 aliphatic carbocycles. The minimum Gasteiger partial charge on any atom is -0.312 e. The SMILES string of the molecule is CC(C)CCS(=O)(=O)N1CCNC(C)C1. The monoisotopic (exact) mass is 234 g/mol. The number of rotatable bonds is 4. The lowest BCUT2D eigenvalue weighted by molar-refractivity contribution is 0.309. The third-order valence-electron chi connectivity index (χ3n) is 2.68. The van der Waals surface area contributed by atoms with Gasteiger partial charge in [-0.3, -0.25) is 0 Å². The fourth-order valence-electron chi connectivity index (χ4n) is 1.66. The van der Waals surface area contributed by atoms with Crippen molar-refractivity contribution in [3.05, 3.63) is 0 Å². The summed E-state index contributed by atoms with van der Waals surface area (Å²) < 4.78 is 25.5. The highest BCUT2D eigenvalue weighted by molar-refractivity contribution is 7.89. The molecule has 4 nitrogen and oxygen atoms in total. The van der Waals surface area contributed by atoms with Gasteiger partial charge in [-0.05, 0) is 19.3 Å². The average Bonchev–Trinajstić information content (AvgIpc) is 2.15. The van der Waals surface area contributed by atoms with Crippen LogP contribution >= 0.6 is 0 Å². The molecule has 15 heavy (non-hydrogen) atoms. The van der Waals surface area contributed by atoms with Crippen LogP contribution in [0.15, 0.2) is 0 Å². The molecule has 0 saturated carbocycles. The van der Waals surface area contributed by atoms with E-state index in [1.807, 2.05) is 6.92 Å². The molecule has 0 aromatic heterocycles. The molecule has 1 rings (SSSR count). The fourth-order valence-corrected chi connectivity index (χ4v) is 3.51. The average molecular weight is 234 g/mol. The fraction of sp³-hybridized carbons (Fsp3) is 1.00. The van der Waals surface area contributed by atoms with Crippen molar-refractivity contribution in [1.29, 1.82) is 0 Å². The van der Waals surface area contributed by atoms with Crippen LogP contribution in [0.5, 0.6) is 0 Å². The summed E-state index contributed by atoms with van der Waals surface area (Å²) in [6, 6.07) is 0.271. The quantitative estimate of drug-likeness (QED) is 0.777. The van der Waals surface area contributed by atoms with Gasteiger partial charge in [0.1, 0.15) is 0 Å². The lowest BCUT2D eigenvalue weighted by atomic mass is 10.2. The van der Waals surface area contributed by atoms with E-state index in [2.05, 4.69) is 19.2 Å². The van der Waals surface area contributed by atoms with Gasteiger partial charge in [-0.2, -0.15) is 4.31 Å². The Morgan fingerprint density at radius 1 is 1.47 bits per heavy atom. The lowest BCUT2D eigenvalue weighted by Gasteiger charge is -2.31. The Labute approximate surface area is 93.1 Å². The summed E-state index contributed by atoms with van der Waals surface area (Å²) in [6.07, 6.45) is 0.751. The number of nitrogens with one attached hydrogen (secondary N) is 1. The summed E-state index contributed by atoms with van der Waals surface area (Å²) in [5.74, 6) is 0.734. The summed E-state index contributed by atoms with van der Waals surface area (Å²) >= 11 is 0. The van der Waals surface area contributed by atoms with Gasteiger partial charge in [-0.1, -0.05) is 13.8 Å². The molecular weight excluding hydrogens is 212 g/mol. The maximum absolute atomic E-state index is 11.9. The van der Waals surface area contributed by atoms with Crippen molar-refractivity contribution in [3.63, 3.8) is 0 Å². The summed E-state index contributed by atoms with van der Waals surface area (Å²) in [5.41, 5.74) is 0. The van der Waals surface area contributed by atoms with Gasteiger partial charge in [0.2, 0.25) is 10.0 Å². The maximum atomic E-state index is 11.9. The predicted molar refractivity (Wildman–Crippen MR) is 62.3 cm³/mol. The molecule has 0 aromatic rings. The second-order valence-corrected chi connectivity index (χ2v) is 6.80. The van der Waals surface area contributed by atoms with Crippen molar-refractivity contribution in [2.45, 2.75) is 33.2 Å². The van der Waals surface area contributed by atoms with Crippen LogP contribution in [0.2, 0.25) is 0 Å². The van der Waals surface area contributed by atoms with E-state index in [0.717, 1.165) is 13.0 Å². The molecule has 0 radical (unpaired) electrons. The van der Waals surface area contributed by atoms with Crippen LogP contribution < -0.4 is 5.32 Å². The first kappa shape index (κ1) is 12.9. The molecule has 1 atom stereocenters. The Kier molecular flexibility index (Phi) is 4.55. The van der Waals surface area contributed by atoms with Crippen molar-refractivity contribution >= 4 is 10.0 Å². The number of hydrogen-bond acceptors (Lipinski definition) is 3. The Balaban J connectivity index is 2.52. The molecule has 0 aromatic carbocycles. The van der Waals surface area contributed by atoms with E-state index < -0.39 is 10.0 Å². The highest BCUT2D eigenvalue weighted by atomic mass is 32.2. The van der Waals surface area contributed by atoms with Crippen LogP contribution in [0, 0.1) is 5.92 Å². The minimum absolute atomic E-state index is 0.271. The van der Waals surface area contributed by atoms with Crippen LogP contribution in [0.1, 0.15) is 27.2 Å². The zero-order valence-electron chi connectivity index (χ0n) is 9.86. The molecule has 0 amide bonds. The van der Waals surface area contributed by atoms with E-state index in [9.17, 15) is 8.42 Å². The summed E-state index contributed by atoms with van der Waals surface area (Å²) in [5, 5.41) is 3.24. The molecular formula is C10H22N2O2S. The molecule has 1 aliphatic heterocycles. The van der Waals surface area contributed by atoms with Crippen LogP contribution in [-0.2, 0) is 10.0 Å². The zero-order valence-corrected chi connectivity index (χ0v) is 10.7. The predicted octanol–water partition coefficient (Wildman–Crippen LogP) is 0.656. The van der Waals surface area contributed by atoms with Crippen LogP contribution in [0.25, 0.3) is 0 Å². The maximum Gasteiger partial charge on any atom is 0.214 e. The smallest absolute Gasteiger partial charge is 0.214 e. The Bertz CT molecular complexity index is 288. The van der Waals surface area contributed by atoms with E-state index >= 15 is 0 Å². The van der Waals surface area contributed by atoms with Gasteiger partial charge in [0, 0.05) is 25.7 Å².